The van der Waals surface area contributed by atoms with Crippen LogP contribution in [-0.2, 0) is 6.42 Å². The number of halogens is 2. The molecule has 0 radical (unpaired) electrons. The fourth-order valence-corrected chi connectivity index (χ4v) is 3.53. The van der Waals surface area contributed by atoms with Gasteiger partial charge in [-0.05, 0) is 55.9 Å². The Balaban J connectivity index is 1.79. The molecule has 3 heteroatoms. The van der Waals surface area contributed by atoms with Crippen LogP contribution < -0.4 is 5.32 Å². The molecule has 0 spiro atoms. The number of piperidine rings is 1. The Hall–Kier alpha value is -0.960. The predicted molar refractivity (Wildman–Crippen MR) is 67.9 cm³/mol. The molecule has 2 fully saturated rings. The van der Waals surface area contributed by atoms with Gasteiger partial charge < -0.3 is 5.32 Å². The highest BCUT2D eigenvalue weighted by Crippen LogP contribution is 2.39. The highest BCUT2D eigenvalue weighted by Gasteiger charge is 2.44. The van der Waals surface area contributed by atoms with E-state index in [-0.39, 0.29) is 5.82 Å². The van der Waals surface area contributed by atoms with Crippen LogP contribution in [0.1, 0.15) is 36.8 Å². The van der Waals surface area contributed by atoms with Crippen LogP contribution in [0.25, 0.3) is 0 Å². The van der Waals surface area contributed by atoms with Crippen LogP contribution in [0.5, 0.6) is 0 Å². The molecule has 2 heterocycles. The maximum Gasteiger partial charge on any atom is 0.123 e. The molecule has 0 saturated carbocycles. The Morgan fingerprint density at radius 2 is 1.94 bits per heavy atom. The summed E-state index contributed by atoms with van der Waals surface area (Å²) in [6.07, 6.45) is 3.81. The predicted octanol–water partition coefficient (Wildman–Crippen LogP) is 3.30. The molecule has 0 amide bonds. The highest BCUT2D eigenvalue weighted by atomic mass is 19.1. The van der Waals surface area contributed by atoms with E-state index in [1.165, 1.54) is 12.1 Å². The van der Waals surface area contributed by atoms with Gasteiger partial charge in [-0.25, -0.2) is 8.78 Å². The summed E-state index contributed by atoms with van der Waals surface area (Å²) in [5.41, 5.74) is 0.692. The first-order chi connectivity index (χ1) is 8.54. The third kappa shape index (κ3) is 2.28. The molecule has 1 aromatic carbocycles. The van der Waals surface area contributed by atoms with E-state index in [9.17, 15) is 8.78 Å². The zero-order valence-electron chi connectivity index (χ0n) is 10.7. The van der Waals surface area contributed by atoms with E-state index in [0.717, 1.165) is 24.0 Å². The number of aryl methyl sites for hydroxylation is 1. The average molecular weight is 251 g/mol. The van der Waals surface area contributed by atoms with E-state index >= 15 is 0 Å². The molecule has 0 aliphatic carbocycles. The minimum absolute atomic E-state index is 0.241. The summed E-state index contributed by atoms with van der Waals surface area (Å²) in [6, 6.07) is 5.34. The molecule has 2 atom stereocenters. The molecule has 2 saturated heterocycles. The number of nitrogens with one attached hydrogen (secondary N) is 1. The maximum absolute atomic E-state index is 14.9. The normalized spacial score (nSPS) is 34.8. The smallest absolute Gasteiger partial charge is 0.123 e. The van der Waals surface area contributed by atoms with Crippen LogP contribution in [0.3, 0.4) is 0 Å². The zero-order chi connectivity index (χ0) is 12.8. The van der Waals surface area contributed by atoms with Crippen molar-refractivity contribution in [1.29, 1.82) is 0 Å². The third-order valence-corrected chi connectivity index (χ3v) is 4.37. The van der Waals surface area contributed by atoms with Crippen LogP contribution in [0.15, 0.2) is 18.2 Å². The molecule has 2 bridgehead atoms. The van der Waals surface area contributed by atoms with Gasteiger partial charge >= 0.3 is 0 Å². The van der Waals surface area contributed by atoms with Crippen molar-refractivity contribution in [2.45, 2.75) is 56.8 Å². The van der Waals surface area contributed by atoms with E-state index in [0.29, 0.717) is 31.3 Å². The largest absolute Gasteiger partial charge is 0.311 e. The minimum atomic E-state index is -1.11. The number of hydrogen-bond donors (Lipinski definition) is 1. The van der Waals surface area contributed by atoms with Crippen LogP contribution in [0.4, 0.5) is 8.78 Å². The summed E-state index contributed by atoms with van der Waals surface area (Å²) in [5.74, 6) is -0.241. The lowest BCUT2D eigenvalue weighted by Crippen LogP contribution is -2.47. The number of alkyl halides is 1. The molecule has 1 nitrogen and oxygen atoms in total. The second kappa shape index (κ2) is 4.30. The fourth-order valence-electron chi connectivity index (χ4n) is 3.53. The van der Waals surface area contributed by atoms with E-state index < -0.39 is 5.67 Å². The Bertz CT molecular complexity index is 446. The Kier molecular flexibility index (Phi) is 2.89. The minimum Gasteiger partial charge on any atom is -0.311 e. The van der Waals surface area contributed by atoms with Gasteiger partial charge in [0.1, 0.15) is 11.5 Å². The van der Waals surface area contributed by atoms with Gasteiger partial charge in [-0.15, -0.1) is 0 Å². The summed E-state index contributed by atoms with van der Waals surface area (Å²) < 4.78 is 28.0. The first-order valence-corrected chi connectivity index (χ1v) is 6.74. The Morgan fingerprint density at radius 1 is 1.28 bits per heavy atom. The molecular weight excluding hydrogens is 232 g/mol. The van der Waals surface area contributed by atoms with E-state index in [1.807, 2.05) is 6.92 Å². The molecular formula is C15H19F2N. The molecule has 98 valence electrons. The van der Waals surface area contributed by atoms with Gasteiger partial charge in [0, 0.05) is 18.5 Å². The molecule has 2 aliphatic rings. The second-order valence-corrected chi connectivity index (χ2v) is 5.94. The van der Waals surface area contributed by atoms with Gasteiger partial charge in [-0.2, -0.15) is 0 Å². The van der Waals surface area contributed by atoms with Gasteiger partial charge in [0.05, 0.1) is 0 Å². The summed E-state index contributed by atoms with van der Waals surface area (Å²) in [4.78, 5) is 0. The molecule has 1 N–H and O–H groups in total. The lowest BCUT2D eigenvalue weighted by atomic mass is 9.83. The van der Waals surface area contributed by atoms with Crippen molar-refractivity contribution in [2.75, 3.05) is 0 Å². The highest BCUT2D eigenvalue weighted by molar-refractivity contribution is 5.28. The molecule has 1 aromatic rings. The monoisotopic (exact) mass is 251 g/mol. The summed E-state index contributed by atoms with van der Waals surface area (Å²) in [6.45, 7) is 1.86. The number of hydrogen-bond acceptors (Lipinski definition) is 1. The summed E-state index contributed by atoms with van der Waals surface area (Å²) in [5, 5.41) is 3.45. The maximum atomic E-state index is 14.9. The van der Waals surface area contributed by atoms with Crippen molar-refractivity contribution in [3.05, 3.63) is 35.1 Å². The van der Waals surface area contributed by atoms with Crippen LogP contribution in [0.2, 0.25) is 0 Å². The molecule has 0 aromatic heterocycles. The van der Waals surface area contributed by atoms with E-state index in [2.05, 4.69) is 5.32 Å². The summed E-state index contributed by atoms with van der Waals surface area (Å²) >= 11 is 0. The van der Waals surface area contributed by atoms with Gasteiger partial charge in [-0.1, -0.05) is 6.07 Å². The second-order valence-electron chi connectivity index (χ2n) is 5.94. The standard InChI is InChI=1S/C15H19F2N/c1-10-6-12(16)3-2-11(10)7-15(17)8-13-4-5-14(9-15)18-13/h2-3,6,13-14,18H,4-5,7-9H2,1H3. The van der Waals surface area contributed by atoms with Crippen molar-refractivity contribution >= 4 is 0 Å². The fraction of sp³-hybridized carbons (Fsp3) is 0.600. The molecule has 2 aliphatic heterocycles. The van der Waals surface area contributed by atoms with Crippen molar-refractivity contribution in [2.24, 2.45) is 0 Å². The van der Waals surface area contributed by atoms with Crippen LogP contribution in [-0.4, -0.2) is 17.8 Å². The third-order valence-electron chi connectivity index (χ3n) is 4.37. The average Bonchev–Trinajstić information content (AvgIpc) is 2.63. The topological polar surface area (TPSA) is 12.0 Å². The quantitative estimate of drug-likeness (QED) is 0.850. The first kappa shape index (κ1) is 12.1. The Morgan fingerprint density at radius 3 is 2.56 bits per heavy atom. The number of rotatable bonds is 2. The van der Waals surface area contributed by atoms with Crippen molar-refractivity contribution in [3.8, 4) is 0 Å². The van der Waals surface area contributed by atoms with E-state index in [4.69, 9.17) is 0 Å². The lowest BCUT2D eigenvalue weighted by Gasteiger charge is -2.35. The van der Waals surface area contributed by atoms with Crippen molar-refractivity contribution in [3.63, 3.8) is 0 Å². The summed E-state index contributed by atoms with van der Waals surface area (Å²) in [7, 11) is 0. The Labute approximate surface area is 107 Å². The van der Waals surface area contributed by atoms with Gasteiger partial charge in [0.15, 0.2) is 0 Å². The van der Waals surface area contributed by atoms with Crippen molar-refractivity contribution in [1.82, 2.24) is 5.32 Å². The molecule has 2 unspecified atom stereocenters. The van der Waals surface area contributed by atoms with Crippen LogP contribution >= 0.6 is 0 Å². The number of benzene rings is 1. The lowest BCUT2D eigenvalue weighted by molar-refractivity contribution is 0.0892. The molecule has 18 heavy (non-hydrogen) atoms. The molecule has 3 rings (SSSR count). The van der Waals surface area contributed by atoms with Crippen molar-refractivity contribution < 1.29 is 8.78 Å². The SMILES string of the molecule is Cc1cc(F)ccc1CC1(F)CC2CCC(C1)N2. The van der Waals surface area contributed by atoms with Gasteiger partial charge in [-0.3, -0.25) is 0 Å². The van der Waals surface area contributed by atoms with E-state index in [1.54, 1.807) is 6.07 Å². The van der Waals surface area contributed by atoms with Gasteiger partial charge in [0.25, 0.3) is 0 Å². The first-order valence-electron chi connectivity index (χ1n) is 6.74. The zero-order valence-corrected chi connectivity index (χ0v) is 10.7. The number of fused-ring (bicyclic) bond motifs is 2. The van der Waals surface area contributed by atoms with Gasteiger partial charge in [0.2, 0.25) is 0 Å². The van der Waals surface area contributed by atoms with Crippen LogP contribution in [0, 0.1) is 12.7 Å².